The zero-order valence-corrected chi connectivity index (χ0v) is 61.7. The Kier molecular flexibility index (Phi) is 15.8. The van der Waals surface area contributed by atoms with Gasteiger partial charge in [0.25, 0.3) is 6.71 Å². The number of aromatic nitrogens is 1. The van der Waals surface area contributed by atoms with Gasteiger partial charge in [-0.05, 0) is 163 Å². The van der Waals surface area contributed by atoms with Crippen LogP contribution in [-0.4, -0.2) is 27.4 Å². The largest absolute Gasteiger partial charge is 0.311 e. The van der Waals surface area contributed by atoms with Crippen LogP contribution in [0.2, 0.25) is 0 Å². The van der Waals surface area contributed by atoms with Gasteiger partial charge in [0.2, 0.25) is 0 Å². The van der Waals surface area contributed by atoms with Gasteiger partial charge in [-0.1, -0.05) is 357 Å². The van der Waals surface area contributed by atoms with E-state index in [4.69, 9.17) is 0 Å². The van der Waals surface area contributed by atoms with Crippen LogP contribution in [0.25, 0.3) is 49.7 Å². The fourth-order valence-electron chi connectivity index (χ4n) is 17.4. The number of benzene rings is 15. The maximum absolute atomic E-state index is 3.14. The second-order valence-electron chi connectivity index (χ2n) is 30.4. The van der Waals surface area contributed by atoms with Crippen molar-refractivity contribution in [1.82, 2.24) is 4.57 Å². The fraction of sp³-hybridized carbons (Fsp3) is 0.0816. The third kappa shape index (κ3) is 10.6. The molecule has 0 saturated carbocycles. The van der Waals surface area contributed by atoms with E-state index < -0.39 is 16.1 Å². The number of hydrogen-bond acceptors (Lipinski definition) is 2. The highest BCUT2D eigenvalue weighted by atomic mass is 28.3. The lowest BCUT2D eigenvalue weighted by Crippen LogP contribution is -2.75. The zero-order chi connectivity index (χ0) is 70.3. The third-order valence-corrected chi connectivity index (χ3v) is 31.9. The van der Waals surface area contributed by atoms with Crippen molar-refractivity contribution in [2.24, 2.45) is 0 Å². The molecule has 498 valence electrons. The minimum Gasteiger partial charge on any atom is -0.311 e. The number of hydrogen-bond donors (Lipinski definition) is 0. The molecule has 0 N–H and O–H groups in total. The Bertz CT molecular complexity index is 5610. The molecule has 0 unspecified atom stereocenters. The normalized spacial score (nSPS) is 12.8. The van der Waals surface area contributed by atoms with Crippen molar-refractivity contribution in [3.05, 3.63) is 387 Å². The number of fused-ring (bicyclic) bond motifs is 7. The molecular formula is C98H80BN3Si2. The third-order valence-electron chi connectivity index (χ3n) is 22.4. The van der Waals surface area contributed by atoms with Crippen molar-refractivity contribution in [3.8, 4) is 27.9 Å². The molecule has 2 aliphatic rings. The number of anilines is 6. The summed E-state index contributed by atoms with van der Waals surface area (Å²) in [5.41, 5.74) is 21.3. The first-order valence-corrected chi connectivity index (χ1v) is 40.7. The van der Waals surface area contributed by atoms with Crippen LogP contribution in [0.3, 0.4) is 0 Å². The van der Waals surface area contributed by atoms with Crippen LogP contribution >= 0.6 is 0 Å². The van der Waals surface area contributed by atoms with Gasteiger partial charge in [0.1, 0.15) is 0 Å². The lowest BCUT2D eigenvalue weighted by molar-refractivity contribution is 0.590. The van der Waals surface area contributed by atoms with Gasteiger partial charge in [-0.3, -0.25) is 0 Å². The first kappa shape index (κ1) is 64.3. The number of para-hydroxylation sites is 2. The maximum Gasteiger partial charge on any atom is 0.252 e. The van der Waals surface area contributed by atoms with E-state index in [9.17, 15) is 0 Å². The van der Waals surface area contributed by atoms with Gasteiger partial charge >= 0.3 is 0 Å². The Morgan fingerprint density at radius 1 is 0.240 bits per heavy atom. The van der Waals surface area contributed by atoms with Crippen LogP contribution in [0.4, 0.5) is 34.1 Å². The molecule has 0 fully saturated rings. The molecule has 18 rings (SSSR count). The van der Waals surface area contributed by atoms with Gasteiger partial charge < -0.3 is 14.4 Å². The van der Waals surface area contributed by atoms with Crippen LogP contribution in [0.15, 0.2) is 376 Å². The Hall–Kier alpha value is -11.8. The summed E-state index contributed by atoms with van der Waals surface area (Å²) in [7, 11) is -6.27. The average Bonchev–Trinajstić information content (AvgIpc) is 0.876. The molecule has 6 heteroatoms. The first-order chi connectivity index (χ1) is 50.8. The Morgan fingerprint density at radius 2 is 0.577 bits per heavy atom. The minimum absolute atomic E-state index is 0.00955. The minimum atomic E-state index is -3.14. The summed E-state index contributed by atoms with van der Waals surface area (Å²) in [4.78, 5) is 5.32. The Balaban J connectivity index is 0.982. The van der Waals surface area contributed by atoms with E-state index >= 15 is 0 Å². The van der Waals surface area contributed by atoms with E-state index in [0.29, 0.717) is 0 Å². The van der Waals surface area contributed by atoms with Crippen LogP contribution in [0, 0.1) is 0 Å². The smallest absolute Gasteiger partial charge is 0.252 e. The lowest BCUT2D eigenvalue weighted by atomic mass is 9.33. The van der Waals surface area contributed by atoms with E-state index in [1.54, 1.807) is 0 Å². The fourth-order valence-corrected chi connectivity index (χ4v) is 26.9. The summed E-state index contributed by atoms with van der Waals surface area (Å²) >= 11 is 0. The highest BCUT2D eigenvalue weighted by Gasteiger charge is 2.49. The van der Waals surface area contributed by atoms with Gasteiger partial charge in [0, 0.05) is 44.9 Å². The second-order valence-corrected chi connectivity index (χ2v) is 38.0. The van der Waals surface area contributed by atoms with E-state index in [2.05, 4.69) is 432 Å². The van der Waals surface area contributed by atoms with Gasteiger partial charge in [0.05, 0.1) is 16.7 Å². The Labute approximate surface area is 614 Å². The molecule has 0 atom stereocenters. The van der Waals surface area contributed by atoms with E-state index in [1.165, 1.54) is 96.5 Å². The van der Waals surface area contributed by atoms with Gasteiger partial charge in [-0.25, -0.2) is 0 Å². The molecule has 0 spiro atoms. The summed E-state index contributed by atoms with van der Waals surface area (Å²) in [6, 6.07) is 144. The van der Waals surface area contributed by atoms with E-state index in [0.717, 1.165) is 56.4 Å². The van der Waals surface area contributed by atoms with Crippen molar-refractivity contribution in [3.63, 3.8) is 0 Å². The van der Waals surface area contributed by atoms with Gasteiger partial charge in [-0.15, -0.1) is 0 Å². The molecule has 2 aliphatic heterocycles. The summed E-state index contributed by atoms with van der Waals surface area (Å²) in [5, 5.41) is 13.1. The molecule has 3 heterocycles. The molecule has 0 saturated heterocycles. The molecule has 1 aromatic heterocycles. The summed E-state index contributed by atoms with van der Waals surface area (Å²) in [5.74, 6) is 0. The average molecular weight is 1370 g/mol. The molecule has 3 nitrogen and oxygen atoms in total. The van der Waals surface area contributed by atoms with E-state index in [-0.39, 0.29) is 17.5 Å². The van der Waals surface area contributed by atoms with Crippen molar-refractivity contribution in [2.75, 3.05) is 9.80 Å². The molecule has 15 aromatic carbocycles. The zero-order valence-electron chi connectivity index (χ0n) is 59.7. The van der Waals surface area contributed by atoms with Crippen molar-refractivity contribution in [1.29, 1.82) is 0 Å². The topological polar surface area (TPSA) is 11.4 Å². The summed E-state index contributed by atoms with van der Waals surface area (Å²) in [6.45, 7) is 13.5. The molecule has 0 aliphatic carbocycles. The predicted molar refractivity (Wildman–Crippen MR) is 450 cm³/mol. The summed E-state index contributed by atoms with van der Waals surface area (Å²) < 4.78 is 2.54. The van der Waals surface area contributed by atoms with Gasteiger partial charge in [-0.2, -0.15) is 0 Å². The van der Waals surface area contributed by atoms with Gasteiger partial charge in [0.15, 0.2) is 16.1 Å². The Morgan fingerprint density at radius 3 is 0.952 bits per heavy atom. The lowest BCUT2D eigenvalue weighted by Gasteiger charge is -2.46. The quantitative estimate of drug-likeness (QED) is 0.0842. The first-order valence-electron chi connectivity index (χ1n) is 36.7. The maximum atomic E-state index is 2.67. The van der Waals surface area contributed by atoms with Crippen LogP contribution in [-0.2, 0) is 10.8 Å². The standard InChI is InChI=1S/C98H80BN3Si2/c1-97(2,3)73-54-48-69(49-55-73)70-52-58-75(59-53-70)100-92-67-84(103(78-32-13-7-14-33-78,79-34-15-8-16-35-79)80-36-17-9-18-37-80)60-62-88(92)99-89-63-61-85(104(81-38-19-10-20-39-81,82-40-21-11-22-41-82)83-42-23-12-24-43-83)68-93(89)101(76-31-29-30-72(64-76)71-50-56-74(57-51-71)98(4,5)6)95-66-77(65-94(100)96(95)99)102-90-46-27-25-44-86(90)87-45-26-28-47-91(87)102/h7-68H,1-6H3. The highest BCUT2D eigenvalue weighted by molar-refractivity contribution is 7.20. The van der Waals surface area contributed by atoms with Crippen molar-refractivity contribution < 1.29 is 0 Å². The van der Waals surface area contributed by atoms with Crippen LogP contribution in [0.1, 0.15) is 52.7 Å². The summed E-state index contributed by atoms with van der Waals surface area (Å²) in [6.07, 6.45) is 0. The van der Waals surface area contributed by atoms with Crippen molar-refractivity contribution in [2.45, 2.75) is 52.4 Å². The highest BCUT2D eigenvalue weighted by Crippen LogP contribution is 2.47. The van der Waals surface area contributed by atoms with Crippen LogP contribution in [0.5, 0.6) is 0 Å². The molecule has 104 heavy (non-hydrogen) atoms. The van der Waals surface area contributed by atoms with Crippen molar-refractivity contribution >= 4 is 137 Å². The monoisotopic (exact) mass is 1370 g/mol. The van der Waals surface area contributed by atoms with Crippen LogP contribution < -0.4 is 67.7 Å². The van der Waals surface area contributed by atoms with E-state index in [1.807, 2.05) is 0 Å². The molecular weight excluding hydrogens is 1290 g/mol. The number of rotatable bonds is 13. The number of nitrogens with zero attached hydrogens (tertiary/aromatic N) is 3. The molecule has 0 amide bonds. The SMILES string of the molecule is CC(C)(C)c1ccc(-c2ccc(N3c4cc([Si](c5ccccc5)(c5ccccc5)c5ccccc5)ccc4B4c5ccc([Si](c6ccccc6)(c6ccccc6)c6ccccc6)cc5N(c5cccc(-c6ccc(C(C)(C)C)cc6)c5)c5cc(-n6c7ccccc7c7ccccc76)cc3c54)cc2)cc1. The molecule has 0 bridgehead atoms. The second kappa shape index (κ2) is 25.6. The predicted octanol–water partition coefficient (Wildman–Crippen LogP) is 17.6. The molecule has 0 radical (unpaired) electrons. The molecule has 16 aromatic rings.